The molecule has 0 saturated heterocycles. The molecule has 0 amide bonds. The Bertz CT molecular complexity index is 539. The summed E-state index contributed by atoms with van der Waals surface area (Å²) in [7, 11) is 0. The van der Waals surface area contributed by atoms with Crippen LogP contribution in [0, 0.1) is 12.3 Å². The fourth-order valence-electron chi connectivity index (χ4n) is 1.75. The monoisotopic (exact) mass is 244 g/mol. The molecule has 0 aromatic heterocycles. The van der Waals surface area contributed by atoms with E-state index in [0.717, 1.165) is 27.3 Å². The van der Waals surface area contributed by atoms with Gasteiger partial charge in [-0.15, -0.1) is 0 Å². The van der Waals surface area contributed by atoms with Crippen molar-refractivity contribution in [3.63, 3.8) is 0 Å². The Hall–Kier alpha value is -1.80. The molecule has 2 nitrogen and oxygen atoms in total. The summed E-state index contributed by atoms with van der Waals surface area (Å²) < 4.78 is 0. The molecule has 17 heavy (non-hydrogen) atoms. The van der Waals surface area contributed by atoms with Gasteiger partial charge in [0.1, 0.15) is 5.84 Å². The molecule has 0 bridgehead atoms. The van der Waals surface area contributed by atoms with Crippen molar-refractivity contribution in [2.24, 2.45) is 5.73 Å². The number of benzene rings is 2. The number of halogens is 1. The molecule has 3 heteroatoms. The predicted molar refractivity (Wildman–Crippen MR) is 72.6 cm³/mol. The van der Waals surface area contributed by atoms with Crippen LogP contribution in [0.25, 0.3) is 11.1 Å². The quantitative estimate of drug-likeness (QED) is 0.616. The number of nitrogens with one attached hydrogen (secondary N) is 1. The van der Waals surface area contributed by atoms with Crippen molar-refractivity contribution in [1.29, 1.82) is 5.41 Å². The van der Waals surface area contributed by atoms with Gasteiger partial charge in [0.15, 0.2) is 0 Å². The van der Waals surface area contributed by atoms with E-state index in [1.54, 1.807) is 0 Å². The SMILES string of the molecule is Cc1cc(Cl)cc(-c2ccc(C(=N)N)cc2)c1. The van der Waals surface area contributed by atoms with Crippen molar-refractivity contribution in [2.45, 2.75) is 6.92 Å². The van der Waals surface area contributed by atoms with Crippen LogP contribution in [0.4, 0.5) is 0 Å². The van der Waals surface area contributed by atoms with Gasteiger partial charge in [-0.05, 0) is 35.7 Å². The molecule has 2 aromatic carbocycles. The number of amidine groups is 1. The van der Waals surface area contributed by atoms with Crippen LogP contribution in [0.5, 0.6) is 0 Å². The lowest BCUT2D eigenvalue weighted by atomic mass is 10.0. The van der Waals surface area contributed by atoms with Crippen molar-refractivity contribution in [2.75, 3.05) is 0 Å². The van der Waals surface area contributed by atoms with Gasteiger partial charge in [-0.2, -0.15) is 0 Å². The first-order valence-electron chi connectivity index (χ1n) is 5.28. The molecule has 0 saturated carbocycles. The minimum absolute atomic E-state index is 0.0822. The van der Waals surface area contributed by atoms with E-state index >= 15 is 0 Å². The molecule has 86 valence electrons. The first-order valence-corrected chi connectivity index (χ1v) is 5.66. The molecule has 0 aliphatic heterocycles. The van der Waals surface area contributed by atoms with Gasteiger partial charge in [-0.25, -0.2) is 0 Å². The standard InChI is InChI=1S/C14H13ClN2/c1-9-6-12(8-13(15)7-9)10-2-4-11(5-3-10)14(16)17/h2-8H,1H3,(H3,16,17). The molecule has 2 aromatic rings. The summed E-state index contributed by atoms with van der Waals surface area (Å²) in [5.74, 6) is 0.0822. The normalized spacial score (nSPS) is 10.2. The van der Waals surface area contributed by atoms with E-state index in [4.69, 9.17) is 22.7 Å². The maximum Gasteiger partial charge on any atom is 0.122 e. The highest BCUT2D eigenvalue weighted by Crippen LogP contribution is 2.24. The van der Waals surface area contributed by atoms with E-state index in [-0.39, 0.29) is 5.84 Å². The molecular formula is C14H13ClN2. The van der Waals surface area contributed by atoms with E-state index < -0.39 is 0 Å². The van der Waals surface area contributed by atoms with Crippen LogP contribution >= 0.6 is 11.6 Å². The molecule has 2 rings (SSSR count). The zero-order valence-electron chi connectivity index (χ0n) is 9.50. The largest absolute Gasteiger partial charge is 0.384 e. The van der Waals surface area contributed by atoms with E-state index in [9.17, 15) is 0 Å². The second-order valence-electron chi connectivity index (χ2n) is 4.01. The fraction of sp³-hybridized carbons (Fsp3) is 0.0714. The summed E-state index contributed by atoms with van der Waals surface area (Å²) in [4.78, 5) is 0. The number of nitrogens with two attached hydrogens (primary N) is 1. The Morgan fingerprint density at radius 1 is 1.06 bits per heavy atom. The van der Waals surface area contributed by atoms with E-state index in [1.165, 1.54) is 0 Å². The molecule has 0 spiro atoms. The third-order valence-corrected chi connectivity index (χ3v) is 2.79. The zero-order chi connectivity index (χ0) is 12.4. The van der Waals surface area contributed by atoms with Crippen molar-refractivity contribution in [3.8, 4) is 11.1 Å². The predicted octanol–water partition coefficient (Wildman–Crippen LogP) is 3.60. The Balaban J connectivity index is 2.43. The van der Waals surface area contributed by atoms with Gasteiger partial charge in [0, 0.05) is 10.6 Å². The zero-order valence-corrected chi connectivity index (χ0v) is 10.3. The third-order valence-electron chi connectivity index (χ3n) is 2.57. The summed E-state index contributed by atoms with van der Waals surface area (Å²) in [6, 6.07) is 13.5. The first-order chi connectivity index (χ1) is 8.06. The Morgan fingerprint density at radius 2 is 1.71 bits per heavy atom. The first kappa shape index (κ1) is 11.7. The van der Waals surface area contributed by atoms with E-state index in [1.807, 2.05) is 43.3 Å². The minimum Gasteiger partial charge on any atom is -0.384 e. The number of hydrogen-bond acceptors (Lipinski definition) is 1. The third kappa shape index (κ3) is 2.66. The van der Waals surface area contributed by atoms with Crippen LogP contribution in [0.2, 0.25) is 5.02 Å². The van der Waals surface area contributed by atoms with Crippen molar-refractivity contribution < 1.29 is 0 Å². The van der Waals surface area contributed by atoms with E-state index in [0.29, 0.717) is 0 Å². The van der Waals surface area contributed by atoms with Crippen LogP contribution in [-0.4, -0.2) is 5.84 Å². The number of aryl methyl sites for hydroxylation is 1. The van der Waals surface area contributed by atoms with Gasteiger partial charge in [0.25, 0.3) is 0 Å². The average Bonchev–Trinajstić information content (AvgIpc) is 2.28. The molecular weight excluding hydrogens is 232 g/mol. The van der Waals surface area contributed by atoms with Crippen molar-refractivity contribution in [1.82, 2.24) is 0 Å². The molecule has 0 heterocycles. The highest BCUT2D eigenvalue weighted by molar-refractivity contribution is 6.31. The number of hydrogen-bond donors (Lipinski definition) is 2. The summed E-state index contributed by atoms with van der Waals surface area (Å²) in [5, 5.41) is 8.07. The van der Waals surface area contributed by atoms with Crippen molar-refractivity contribution >= 4 is 17.4 Å². The lowest BCUT2D eigenvalue weighted by molar-refractivity contribution is 1.42. The van der Waals surface area contributed by atoms with Gasteiger partial charge < -0.3 is 5.73 Å². The maximum absolute atomic E-state index is 7.34. The molecule has 0 fully saturated rings. The molecule has 0 aliphatic carbocycles. The van der Waals surface area contributed by atoms with Crippen LogP contribution in [0.1, 0.15) is 11.1 Å². The molecule has 0 aliphatic rings. The highest BCUT2D eigenvalue weighted by Gasteiger charge is 2.01. The van der Waals surface area contributed by atoms with E-state index in [2.05, 4.69) is 6.07 Å². The summed E-state index contributed by atoms with van der Waals surface area (Å²) in [6.07, 6.45) is 0. The van der Waals surface area contributed by atoms with Gasteiger partial charge >= 0.3 is 0 Å². The van der Waals surface area contributed by atoms with Gasteiger partial charge in [0.05, 0.1) is 0 Å². The maximum atomic E-state index is 7.34. The highest BCUT2D eigenvalue weighted by atomic mass is 35.5. The van der Waals surface area contributed by atoms with Crippen LogP contribution < -0.4 is 5.73 Å². The van der Waals surface area contributed by atoms with Crippen LogP contribution in [0.3, 0.4) is 0 Å². The summed E-state index contributed by atoms with van der Waals surface area (Å²) in [6.45, 7) is 2.01. The Kier molecular flexibility index (Phi) is 3.16. The molecule has 0 radical (unpaired) electrons. The van der Waals surface area contributed by atoms with Crippen LogP contribution in [-0.2, 0) is 0 Å². The minimum atomic E-state index is 0.0822. The Labute approximate surface area is 106 Å². The molecule has 3 N–H and O–H groups in total. The smallest absolute Gasteiger partial charge is 0.122 e. The van der Waals surface area contributed by atoms with Crippen LogP contribution in [0.15, 0.2) is 42.5 Å². The van der Waals surface area contributed by atoms with Gasteiger partial charge in [-0.1, -0.05) is 41.9 Å². The van der Waals surface area contributed by atoms with Crippen molar-refractivity contribution in [3.05, 3.63) is 58.6 Å². The summed E-state index contributed by atoms with van der Waals surface area (Å²) in [5.41, 5.74) is 9.41. The lowest BCUT2D eigenvalue weighted by Gasteiger charge is -2.05. The van der Waals surface area contributed by atoms with Gasteiger partial charge in [-0.3, -0.25) is 5.41 Å². The second kappa shape index (κ2) is 4.60. The Morgan fingerprint density at radius 3 is 2.24 bits per heavy atom. The lowest BCUT2D eigenvalue weighted by Crippen LogP contribution is -2.10. The molecule has 0 unspecified atom stereocenters. The second-order valence-corrected chi connectivity index (χ2v) is 4.44. The fourth-order valence-corrected chi connectivity index (χ4v) is 2.03. The average molecular weight is 245 g/mol. The summed E-state index contributed by atoms with van der Waals surface area (Å²) >= 11 is 6.03. The molecule has 0 atom stereocenters. The number of nitrogen functional groups attached to an aromatic ring is 1. The topological polar surface area (TPSA) is 49.9 Å². The van der Waals surface area contributed by atoms with Gasteiger partial charge in [0.2, 0.25) is 0 Å². The number of rotatable bonds is 2.